The van der Waals surface area contributed by atoms with Crippen molar-refractivity contribution >= 4 is 35.1 Å². The number of hydrogen-bond donors (Lipinski definition) is 0. The zero-order valence-electron chi connectivity index (χ0n) is 31.0. The van der Waals surface area contributed by atoms with Crippen LogP contribution in [-0.2, 0) is 15.6 Å². The summed E-state index contributed by atoms with van der Waals surface area (Å²) >= 11 is -4.81. The van der Waals surface area contributed by atoms with Gasteiger partial charge in [-0.2, -0.15) is 0 Å². The third-order valence-electron chi connectivity index (χ3n) is 13.8. The maximum absolute atomic E-state index is 8.84. The van der Waals surface area contributed by atoms with Gasteiger partial charge in [-0.1, -0.05) is 0 Å². The first-order chi connectivity index (χ1) is 23.6. The Labute approximate surface area is 307 Å². The minimum atomic E-state index is -4.81. The van der Waals surface area contributed by atoms with E-state index < -0.39 is 21.5 Å². The minimum absolute atomic E-state index is 0.159. The van der Waals surface area contributed by atoms with Crippen LogP contribution in [-0.4, -0.2) is 5.92 Å². The second kappa shape index (κ2) is 14.3. The van der Waals surface area contributed by atoms with E-state index in [1.165, 1.54) is 108 Å². The van der Waals surface area contributed by atoms with Gasteiger partial charge in [0, 0.05) is 0 Å². The summed E-state index contributed by atoms with van der Waals surface area (Å²) in [7, 11) is 17.7. The molecule has 2 fully saturated rings. The van der Waals surface area contributed by atoms with Crippen molar-refractivity contribution in [3.8, 4) is 11.1 Å². The molecular weight excluding hydrogens is 731 g/mol. The quantitative estimate of drug-likeness (QED) is 0.189. The molecular formula is C45H59Cl2SiZr. The molecule has 4 heteroatoms. The zero-order chi connectivity index (χ0) is 34.5. The molecule has 3 atom stereocenters. The van der Waals surface area contributed by atoms with Crippen LogP contribution in [0.3, 0.4) is 0 Å². The molecule has 0 nitrogen and oxygen atoms in total. The van der Waals surface area contributed by atoms with Gasteiger partial charge in [-0.25, -0.2) is 0 Å². The van der Waals surface area contributed by atoms with Gasteiger partial charge in [0.25, 0.3) is 0 Å². The normalized spacial score (nSPS) is 25.7. The average molecular weight is 790 g/mol. The molecule has 3 unspecified atom stereocenters. The molecule has 0 radical (unpaired) electrons. The van der Waals surface area contributed by atoms with Crippen molar-refractivity contribution in [2.75, 3.05) is 0 Å². The number of allylic oxidation sites excluding steroid dienone is 2. The van der Waals surface area contributed by atoms with Crippen LogP contribution >= 0.6 is 17.0 Å². The zero-order valence-corrected chi connectivity index (χ0v) is 36.1. The van der Waals surface area contributed by atoms with Crippen LogP contribution in [0.15, 0.2) is 71.8 Å². The molecule has 0 saturated heterocycles. The molecule has 0 aromatic heterocycles. The molecule has 0 amide bonds. The van der Waals surface area contributed by atoms with Gasteiger partial charge in [0.05, 0.1) is 0 Å². The molecule has 7 rings (SSSR count). The number of benzene rings is 3. The van der Waals surface area contributed by atoms with E-state index in [-0.39, 0.29) is 7.25 Å². The van der Waals surface area contributed by atoms with Crippen molar-refractivity contribution < 1.29 is 15.6 Å². The average Bonchev–Trinajstić information content (AvgIpc) is 3.72. The Morgan fingerprint density at radius 1 is 0.735 bits per heavy atom. The summed E-state index contributed by atoms with van der Waals surface area (Å²) in [5, 5.41) is 0. The SMILES string of the molecule is CCC1=Cc2c(-c3ccc(C4CCCCC4)cc3)cccc2[CH]1[Zr]([Cl])([Cl])([CH]1C(C2CCC(C)CC2)=Cc2c(C(C)CC)cccc21)[SiH](C)C. The van der Waals surface area contributed by atoms with E-state index in [1.807, 2.05) is 0 Å². The molecule has 4 aliphatic rings. The van der Waals surface area contributed by atoms with Gasteiger partial charge in [0.15, 0.2) is 0 Å². The van der Waals surface area contributed by atoms with Crippen molar-refractivity contribution in [2.45, 2.75) is 131 Å². The fraction of sp³-hybridized carbons (Fsp3) is 0.511. The first-order valence-electron chi connectivity index (χ1n) is 19.9. The Balaban J connectivity index is 1.37. The molecule has 0 spiro atoms. The fourth-order valence-electron chi connectivity index (χ4n) is 10.5. The summed E-state index contributed by atoms with van der Waals surface area (Å²) in [6.45, 7) is 14.5. The first-order valence-corrected chi connectivity index (χ1v) is 36.2. The predicted molar refractivity (Wildman–Crippen MR) is 216 cm³/mol. The van der Waals surface area contributed by atoms with Gasteiger partial charge in [0.1, 0.15) is 0 Å². The topological polar surface area (TPSA) is 0 Å². The molecule has 4 aliphatic carbocycles. The van der Waals surface area contributed by atoms with Crippen molar-refractivity contribution in [2.24, 2.45) is 11.8 Å². The van der Waals surface area contributed by atoms with E-state index >= 15 is 0 Å². The molecule has 2 saturated carbocycles. The third-order valence-corrected chi connectivity index (χ3v) is 65.6. The van der Waals surface area contributed by atoms with Gasteiger partial charge in [-0.05, 0) is 0 Å². The second-order valence-electron chi connectivity index (χ2n) is 16.8. The van der Waals surface area contributed by atoms with Crippen molar-refractivity contribution in [3.05, 3.63) is 105 Å². The summed E-state index contributed by atoms with van der Waals surface area (Å²) < 4.78 is 0.352. The Morgan fingerprint density at radius 3 is 2.02 bits per heavy atom. The molecule has 0 aliphatic heterocycles. The summed E-state index contributed by atoms with van der Waals surface area (Å²) in [5.74, 6) is 1.04. The van der Waals surface area contributed by atoms with Crippen LogP contribution in [0.4, 0.5) is 0 Å². The van der Waals surface area contributed by atoms with Crippen LogP contribution in [0.25, 0.3) is 23.3 Å². The predicted octanol–water partition coefficient (Wildman–Crippen LogP) is 14.7. The fourth-order valence-corrected chi connectivity index (χ4v) is 41.9. The Kier molecular flexibility index (Phi) is 10.6. The third kappa shape index (κ3) is 6.24. The summed E-state index contributed by atoms with van der Waals surface area (Å²) in [6, 6.07) is 23.8. The molecule has 0 heterocycles. The Hall–Kier alpha value is -1.18. The number of fused-ring (bicyclic) bond motifs is 2. The van der Waals surface area contributed by atoms with E-state index in [2.05, 4.69) is 114 Å². The van der Waals surface area contributed by atoms with Gasteiger partial charge in [0.2, 0.25) is 0 Å². The van der Waals surface area contributed by atoms with Crippen molar-refractivity contribution in [3.63, 3.8) is 0 Å². The second-order valence-corrected chi connectivity index (χ2v) is 59.4. The van der Waals surface area contributed by atoms with Gasteiger partial charge >= 0.3 is 309 Å². The van der Waals surface area contributed by atoms with E-state index in [0.29, 0.717) is 11.8 Å². The Morgan fingerprint density at radius 2 is 1.39 bits per heavy atom. The van der Waals surface area contributed by atoms with Gasteiger partial charge in [-0.15, -0.1) is 0 Å². The molecule has 0 bridgehead atoms. The summed E-state index contributed by atoms with van der Waals surface area (Å²) in [5.41, 5.74) is 14.5. The van der Waals surface area contributed by atoms with E-state index in [1.54, 1.807) is 5.57 Å². The van der Waals surface area contributed by atoms with E-state index in [0.717, 1.165) is 24.7 Å². The molecule has 49 heavy (non-hydrogen) atoms. The first kappa shape index (κ1) is 36.2. The van der Waals surface area contributed by atoms with Crippen LogP contribution in [0.1, 0.15) is 151 Å². The van der Waals surface area contributed by atoms with Gasteiger partial charge < -0.3 is 0 Å². The number of hydrogen-bond acceptors (Lipinski definition) is 0. The van der Waals surface area contributed by atoms with Gasteiger partial charge in [-0.3, -0.25) is 0 Å². The number of halogens is 2. The monoisotopic (exact) mass is 787 g/mol. The standard InChI is InChI=1S/C23H25.C20H27.C2H7Si.2ClH.Zr/c1-2-17-15-21-9-6-10-22(23(21)16-17)20-13-11-19(12-14-20)18-7-4-3-5-8-18;1-4-15(3)19-7-5-6-17-12-18(13-20(17)19)16-10-8-14(2)9-11-16;1-3-2;;;/h6,9-16,18H,2-5,7-8H2,1H3;5-7,12-16H,4,8-11H2,1-3H3;3H,1-2H3;2*1H;/q;;;;;+2/p-2. The van der Waals surface area contributed by atoms with Crippen molar-refractivity contribution in [1.29, 1.82) is 0 Å². The van der Waals surface area contributed by atoms with E-state index in [9.17, 15) is 0 Å². The Bertz CT molecular complexity index is 1740. The molecule has 3 aromatic carbocycles. The van der Waals surface area contributed by atoms with Crippen LogP contribution in [0.5, 0.6) is 0 Å². The molecule has 3 aromatic rings. The van der Waals surface area contributed by atoms with Crippen LogP contribution in [0.2, 0.25) is 13.1 Å². The maximum atomic E-state index is 8.84. The number of rotatable bonds is 9. The molecule has 0 N–H and O–H groups in total. The summed E-state index contributed by atoms with van der Waals surface area (Å²) in [4.78, 5) is 0. The van der Waals surface area contributed by atoms with Crippen LogP contribution in [0, 0.1) is 11.8 Å². The van der Waals surface area contributed by atoms with Crippen molar-refractivity contribution in [1.82, 2.24) is 0 Å². The molecule has 261 valence electrons. The summed E-state index contributed by atoms with van der Waals surface area (Å²) in [6.07, 6.45) is 19.3. The van der Waals surface area contributed by atoms with Crippen LogP contribution < -0.4 is 0 Å². The van der Waals surface area contributed by atoms with E-state index in [4.69, 9.17) is 17.0 Å².